The van der Waals surface area contributed by atoms with Crippen molar-refractivity contribution in [1.82, 2.24) is 20.1 Å². The Morgan fingerprint density at radius 2 is 1.92 bits per heavy atom. The van der Waals surface area contributed by atoms with Crippen molar-refractivity contribution in [3.8, 4) is 17.0 Å². The lowest BCUT2D eigenvalue weighted by molar-refractivity contribution is -0.127. The number of nitrogens with zero attached hydrogens (tertiary/aromatic N) is 3. The molecule has 0 saturated carbocycles. The molecule has 3 rings (SSSR count). The Hall–Kier alpha value is -2.99. The third-order valence-electron chi connectivity index (χ3n) is 5.44. The van der Waals surface area contributed by atoms with E-state index < -0.39 is 32.4 Å². The molecule has 2 heterocycles. The Balaban J connectivity index is 2.09. The zero-order valence-electron chi connectivity index (χ0n) is 20.9. The molecule has 0 fully saturated rings. The van der Waals surface area contributed by atoms with Crippen molar-refractivity contribution in [2.75, 3.05) is 20.3 Å². The number of hydrogen-bond acceptors (Lipinski definition) is 5. The number of rotatable bonds is 10. The van der Waals surface area contributed by atoms with E-state index in [1.165, 1.54) is 24.1 Å². The van der Waals surface area contributed by atoms with Crippen LogP contribution in [0, 0.1) is 5.82 Å². The summed E-state index contributed by atoms with van der Waals surface area (Å²) >= 11 is 0. The highest BCUT2D eigenvalue weighted by Crippen LogP contribution is 2.34. The number of ether oxygens (including phenoxy) is 2. The number of pyridine rings is 1. The van der Waals surface area contributed by atoms with Crippen LogP contribution in [0.25, 0.3) is 22.2 Å². The fraction of sp³-hybridized carbons (Fsp3) is 0.458. The summed E-state index contributed by atoms with van der Waals surface area (Å²) in [4.78, 5) is 16.8. The first-order valence-corrected chi connectivity index (χ1v) is 15.2. The molecule has 0 aliphatic heterocycles. The van der Waals surface area contributed by atoms with E-state index in [0.717, 1.165) is 18.2 Å². The van der Waals surface area contributed by atoms with Gasteiger partial charge in [-0.3, -0.25) is 9.78 Å². The van der Waals surface area contributed by atoms with E-state index in [1.807, 2.05) is 0 Å². The molecule has 1 amide bonds. The van der Waals surface area contributed by atoms with Crippen LogP contribution in [0.5, 0.6) is 5.75 Å². The topological polar surface area (TPSA) is 78.3 Å². The van der Waals surface area contributed by atoms with Crippen LogP contribution in [0.3, 0.4) is 0 Å². The van der Waals surface area contributed by atoms with E-state index >= 15 is 0 Å². The number of nitrogens with one attached hydrogen (secondary N) is 1. The lowest BCUT2D eigenvalue weighted by Crippen LogP contribution is -2.24. The van der Waals surface area contributed by atoms with E-state index in [-0.39, 0.29) is 35.0 Å². The van der Waals surface area contributed by atoms with Crippen LogP contribution in [-0.4, -0.2) is 55.2 Å². The van der Waals surface area contributed by atoms with Crippen LogP contribution < -0.4 is 10.1 Å². The first-order chi connectivity index (χ1) is 16.8. The molecule has 0 saturated heterocycles. The Morgan fingerprint density at radius 3 is 2.53 bits per heavy atom. The van der Waals surface area contributed by atoms with Gasteiger partial charge in [0.1, 0.15) is 6.73 Å². The second-order valence-electron chi connectivity index (χ2n) is 9.58. The van der Waals surface area contributed by atoms with Crippen molar-refractivity contribution >= 4 is 24.9 Å². The van der Waals surface area contributed by atoms with E-state index in [1.54, 1.807) is 6.92 Å². The maximum absolute atomic E-state index is 14.5. The average Bonchev–Trinajstić information content (AvgIpc) is 3.14. The number of benzene rings is 1. The lowest BCUT2D eigenvalue weighted by atomic mass is 9.99. The number of alkyl halides is 3. The molecule has 0 spiro atoms. The maximum Gasteiger partial charge on any atom is 0.393 e. The molecule has 0 aliphatic rings. The molecular weight excluding hydrogens is 496 g/mol. The molecule has 196 valence electrons. The molecular formula is C24H30F4N4O3Si. The van der Waals surface area contributed by atoms with E-state index in [9.17, 15) is 22.4 Å². The normalized spacial score (nSPS) is 12.2. The minimum absolute atomic E-state index is 0.0283. The number of aromatic nitrogens is 3. The van der Waals surface area contributed by atoms with Gasteiger partial charge in [0.15, 0.2) is 17.3 Å². The van der Waals surface area contributed by atoms with Gasteiger partial charge in [-0.05, 0) is 36.7 Å². The predicted molar refractivity (Wildman–Crippen MR) is 131 cm³/mol. The molecule has 0 radical (unpaired) electrons. The molecule has 36 heavy (non-hydrogen) atoms. The molecule has 0 bridgehead atoms. The summed E-state index contributed by atoms with van der Waals surface area (Å²) in [5.74, 6) is -1.52. The van der Waals surface area contributed by atoms with Gasteiger partial charge in [0.05, 0.1) is 30.1 Å². The third-order valence-corrected chi connectivity index (χ3v) is 7.15. The maximum atomic E-state index is 14.5. The molecule has 0 aliphatic carbocycles. The molecule has 12 heteroatoms. The fourth-order valence-electron chi connectivity index (χ4n) is 3.61. The lowest BCUT2D eigenvalue weighted by Gasteiger charge is -2.15. The molecule has 0 atom stereocenters. The van der Waals surface area contributed by atoms with Crippen molar-refractivity contribution < 1.29 is 31.8 Å². The first kappa shape index (κ1) is 27.6. The van der Waals surface area contributed by atoms with Crippen LogP contribution in [0.15, 0.2) is 24.4 Å². The van der Waals surface area contributed by atoms with Crippen molar-refractivity contribution in [1.29, 1.82) is 0 Å². The van der Waals surface area contributed by atoms with E-state index in [2.05, 4.69) is 35.0 Å². The monoisotopic (exact) mass is 526 g/mol. The number of amides is 1. The van der Waals surface area contributed by atoms with Crippen LogP contribution >= 0.6 is 0 Å². The van der Waals surface area contributed by atoms with Gasteiger partial charge in [-0.25, -0.2) is 9.07 Å². The molecule has 1 aromatic carbocycles. The summed E-state index contributed by atoms with van der Waals surface area (Å²) < 4.78 is 66.5. The zero-order valence-corrected chi connectivity index (χ0v) is 21.9. The van der Waals surface area contributed by atoms with Crippen molar-refractivity contribution in [3.05, 3.63) is 41.5 Å². The Labute approximate surface area is 207 Å². The number of carbonyl (C=O) groups excluding carboxylic acids is 1. The van der Waals surface area contributed by atoms with Crippen LogP contribution in [0.4, 0.5) is 17.6 Å². The Morgan fingerprint density at radius 1 is 1.19 bits per heavy atom. The van der Waals surface area contributed by atoms with Crippen molar-refractivity contribution in [2.24, 2.45) is 0 Å². The van der Waals surface area contributed by atoms with Crippen molar-refractivity contribution in [3.63, 3.8) is 0 Å². The quantitative estimate of drug-likeness (QED) is 0.217. The Bertz CT molecular complexity index is 1240. The molecule has 1 N–H and O–H groups in total. The number of carbonyl (C=O) groups is 1. The predicted octanol–water partition coefficient (Wildman–Crippen LogP) is 5.41. The zero-order chi connectivity index (χ0) is 26.7. The number of hydrogen-bond donors (Lipinski definition) is 1. The highest BCUT2D eigenvalue weighted by molar-refractivity contribution is 6.76. The number of halogens is 4. The second-order valence-corrected chi connectivity index (χ2v) is 15.2. The fourth-order valence-corrected chi connectivity index (χ4v) is 4.37. The van der Waals surface area contributed by atoms with E-state index in [0.29, 0.717) is 24.1 Å². The number of methoxy groups -OCH3 is 1. The summed E-state index contributed by atoms with van der Waals surface area (Å²) in [6.07, 6.45) is -4.46. The third kappa shape index (κ3) is 6.81. The van der Waals surface area contributed by atoms with Crippen LogP contribution in [-0.2, 0) is 17.9 Å². The molecule has 2 aromatic heterocycles. The SMILES string of the molecule is CCNC(=O)c1nn(COCC[Si](C)(C)C)c2cc(-c3cc(F)c(OC)cc3CC(F)(F)F)ncc12. The van der Waals surface area contributed by atoms with Gasteiger partial charge in [0, 0.05) is 33.0 Å². The molecule has 7 nitrogen and oxygen atoms in total. The minimum Gasteiger partial charge on any atom is -0.494 e. The minimum atomic E-state index is -4.53. The molecule has 3 aromatic rings. The van der Waals surface area contributed by atoms with E-state index in [4.69, 9.17) is 9.47 Å². The summed E-state index contributed by atoms with van der Waals surface area (Å²) in [6, 6.07) is 4.42. The first-order valence-electron chi connectivity index (χ1n) is 11.5. The standard InChI is InChI=1S/C24H30F4N4O3Si/c1-6-29-23(33)22-17-13-30-19(11-20(17)32(31-22)14-35-7-8-36(3,4)5)16-10-18(25)21(34-2)9-15(16)12-24(26,27)28/h9-11,13H,6-8,12,14H2,1-5H3,(H,29,33). The van der Waals surface area contributed by atoms with Crippen LogP contribution in [0.1, 0.15) is 23.0 Å². The largest absolute Gasteiger partial charge is 0.494 e. The second kappa shape index (κ2) is 11.0. The number of fused-ring (bicyclic) bond motifs is 1. The van der Waals surface area contributed by atoms with Gasteiger partial charge < -0.3 is 14.8 Å². The van der Waals surface area contributed by atoms with Gasteiger partial charge in [0.25, 0.3) is 5.91 Å². The van der Waals surface area contributed by atoms with Gasteiger partial charge in [-0.2, -0.15) is 18.3 Å². The molecule has 0 unspecified atom stereocenters. The summed E-state index contributed by atoms with van der Waals surface area (Å²) in [5, 5.41) is 7.48. The van der Waals surface area contributed by atoms with Gasteiger partial charge in [-0.15, -0.1) is 0 Å². The summed E-state index contributed by atoms with van der Waals surface area (Å²) in [6.45, 7) is 9.36. The Kier molecular flexibility index (Phi) is 8.39. The smallest absolute Gasteiger partial charge is 0.393 e. The van der Waals surface area contributed by atoms with Gasteiger partial charge in [-0.1, -0.05) is 19.6 Å². The van der Waals surface area contributed by atoms with Crippen molar-refractivity contribution in [2.45, 2.75) is 51.9 Å². The average molecular weight is 527 g/mol. The summed E-state index contributed by atoms with van der Waals surface area (Å²) in [7, 11) is -0.147. The van der Waals surface area contributed by atoms with Crippen LogP contribution in [0.2, 0.25) is 25.7 Å². The summed E-state index contributed by atoms with van der Waals surface area (Å²) in [5.41, 5.74) is 0.446. The van der Waals surface area contributed by atoms with Gasteiger partial charge in [0.2, 0.25) is 0 Å². The highest BCUT2D eigenvalue weighted by atomic mass is 28.3. The highest BCUT2D eigenvalue weighted by Gasteiger charge is 2.30. The van der Waals surface area contributed by atoms with Gasteiger partial charge >= 0.3 is 6.18 Å².